The molecule has 0 aliphatic carbocycles. The van der Waals surface area contributed by atoms with Gasteiger partial charge in [-0.1, -0.05) is 0 Å². The summed E-state index contributed by atoms with van der Waals surface area (Å²) in [6, 6.07) is 6.27. The Morgan fingerprint density at radius 1 is 1.40 bits per heavy atom. The van der Waals surface area contributed by atoms with E-state index in [-0.39, 0.29) is 18.0 Å². The lowest BCUT2D eigenvalue weighted by molar-refractivity contribution is 0.0993. The first-order chi connectivity index (χ1) is 9.67. The normalized spacial score (nSPS) is 11.1. The maximum Gasteiger partial charge on any atom is 0.180 e. The summed E-state index contributed by atoms with van der Waals surface area (Å²) in [5.74, 6) is 0.343. The molecule has 0 radical (unpaired) electrons. The molecule has 1 aromatic carbocycles. The molecule has 0 fully saturated rings. The number of fused-ring (bicyclic) bond motifs is 1. The molecule has 0 saturated heterocycles. The number of ketones is 1. The molecule has 0 spiro atoms. The zero-order valence-electron chi connectivity index (χ0n) is 10.8. The van der Waals surface area contributed by atoms with E-state index < -0.39 is 0 Å². The van der Waals surface area contributed by atoms with Crippen molar-refractivity contribution >= 4 is 27.2 Å². The number of nitrogens with zero attached hydrogens (tertiary/aromatic N) is 3. The van der Waals surface area contributed by atoms with E-state index >= 15 is 0 Å². The van der Waals surface area contributed by atoms with Gasteiger partial charge in [0.25, 0.3) is 0 Å². The third-order valence-electron chi connectivity index (χ3n) is 3.07. The standard InChI is InChI=1S/C14H12FN3OS/c1-2-18-14(16-8-17-18)7-11(19)13-6-9-5-10(15)3-4-12(9)20-13/h3-6,8H,2,7H2,1H3. The van der Waals surface area contributed by atoms with Gasteiger partial charge in [0.1, 0.15) is 18.0 Å². The molecule has 102 valence electrons. The summed E-state index contributed by atoms with van der Waals surface area (Å²) in [5.41, 5.74) is 0. The second-order valence-electron chi connectivity index (χ2n) is 4.38. The summed E-state index contributed by atoms with van der Waals surface area (Å²) in [4.78, 5) is 17.0. The Morgan fingerprint density at radius 2 is 2.25 bits per heavy atom. The highest BCUT2D eigenvalue weighted by Crippen LogP contribution is 2.27. The molecule has 0 bridgehead atoms. The van der Waals surface area contributed by atoms with Crippen LogP contribution in [0.3, 0.4) is 0 Å². The summed E-state index contributed by atoms with van der Waals surface area (Å²) >= 11 is 1.38. The lowest BCUT2D eigenvalue weighted by atomic mass is 10.2. The zero-order chi connectivity index (χ0) is 14.1. The van der Waals surface area contributed by atoms with Gasteiger partial charge in [0.15, 0.2) is 5.78 Å². The Labute approximate surface area is 118 Å². The van der Waals surface area contributed by atoms with Crippen LogP contribution >= 0.6 is 11.3 Å². The number of carbonyl (C=O) groups excluding carboxylic acids is 1. The summed E-state index contributed by atoms with van der Waals surface area (Å²) in [6.07, 6.45) is 1.66. The summed E-state index contributed by atoms with van der Waals surface area (Å²) in [5, 5.41) is 4.80. The molecule has 0 aliphatic heterocycles. The highest BCUT2D eigenvalue weighted by Gasteiger charge is 2.14. The molecule has 0 amide bonds. The highest BCUT2D eigenvalue weighted by molar-refractivity contribution is 7.20. The van der Waals surface area contributed by atoms with Gasteiger partial charge < -0.3 is 0 Å². The Hall–Kier alpha value is -2.08. The Morgan fingerprint density at radius 3 is 3.05 bits per heavy atom. The smallest absolute Gasteiger partial charge is 0.180 e. The van der Waals surface area contributed by atoms with E-state index in [1.165, 1.54) is 29.8 Å². The van der Waals surface area contributed by atoms with Crippen molar-refractivity contribution in [2.75, 3.05) is 0 Å². The Bertz CT molecular complexity index is 778. The topological polar surface area (TPSA) is 47.8 Å². The van der Waals surface area contributed by atoms with Crippen molar-refractivity contribution < 1.29 is 9.18 Å². The number of aromatic nitrogens is 3. The first-order valence-electron chi connectivity index (χ1n) is 6.26. The average molecular weight is 289 g/mol. The molecule has 2 aromatic heterocycles. The van der Waals surface area contributed by atoms with Gasteiger partial charge >= 0.3 is 0 Å². The van der Waals surface area contributed by atoms with Crippen LogP contribution in [0.1, 0.15) is 22.4 Å². The fraction of sp³-hybridized carbons (Fsp3) is 0.214. The number of rotatable bonds is 4. The molecule has 4 nitrogen and oxygen atoms in total. The fourth-order valence-electron chi connectivity index (χ4n) is 2.07. The minimum Gasteiger partial charge on any atom is -0.293 e. The number of hydrogen-bond donors (Lipinski definition) is 0. The van der Waals surface area contributed by atoms with Gasteiger partial charge in [-0.25, -0.2) is 14.1 Å². The number of aryl methyl sites for hydroxylation is 1. The van der Waals surface area contributed by atoms with E-state index in [1.54, 1.807) is 16.8 Å². The fourth-order valence-corrected chi connectivity index (χ4v) is 3.05. The van der Waals surface area contributed by atoms with Crippen LogP contribution in [-0.4, -0.2) is 20.5 Å². The van der Waals surface area contributed by atoms with Crippen molar-refractivity contribution in [2.45, 2.75) is 19.9 Å². The highest BCUT2D eigenvalue weighted by atomic mass is 32.1. The van der Waals surface area contributed by atoms with Crippen molar-refractivity contribution in [3.63, 3.8) is 0 Å². The second-order valence-corrected chi connectivity index (χ2v) is 5.47. The van der Waals surface area contributed by atoms with E-state index in [9.17, 15) is 9.18 Å². The lowest BCUT2D eigenvalue weighted by Gasteiger charge is -2.00. The predicted octanol–water partition coefficient (Wildman–Crippen LogP) is 3.08. The van der Waals surface area contributed by atoms with Gasteiger partial charge in [0, 0.05) is 11.2 Å². The third kappa shape index (κ3) is 2.34. The molecule has 3 aromatic rings. The molecule has 6 heteroatoms. The van der Waals surface area contributed by atoms with E-state index in [0.717, 1.165) is 10.1 Å². The van der Waals surface area contributed by atoms with Crippen LogP contribution in [-0.2, 0) is 13.0 Å². The number of halogens is 1. The number of Topliss-reactive ketones (excluding diaryl/α,β-unsaturated/α-hetero) is 1. The first-order valence-corrected chi connectivity index (χ1v) is 7.08. The van der Waals surface area contributed by atoms with Crippen LogP contribution in [0.4, 0.5) is 4.39 Å². The average Bonchev–Trinajstić information content (AvgIpc) is 3.04. The monoisotopic (exact) mass is 289 g/mol. The van der Waals surface area contributed by atoms with E-state index in [0.29, 0.717) is 17.2 Å². The van der Waals surface area contributed by atoms with Crippen LogP contribution in [0.15, 0.2) is 30.6 Å². The van der Waals surface area contributed by atoms with E-state index in [1.807, 2.05) is 6.92 Å². The van der Waals surface area contributed by atoms with Gasteiger partial charge in [-0.3, -0.25) is 4.79 Å². The number of benzene rings is 1. The predicted molar refractivity (Wildman–Crippen MR) is 75.5 cm³/mol. The molecule has 0 unspecified atom stereocenters. The number of hydrogen-bond acceptors (Lipinski definition) is 4. The van der Waals surface area contributed by atoms with Gasteiger partial charge in [-0.15, -0.1) is 11.3 Å². The molecule has 0 saturated carbocycles. The van der Waals surface area contributed by atoms with Crippen molar-refractivity contribution in [3.8, 4) is 0 Å². The van der Waals surface area contributed by atoms with Crippen LogP contribution in [0.5, 0.6) is 0 Å². The summed E-state index contributed by atoms with van der Waals surface area (Å²) < 4.78 is 15.8. The van der Waals surface area contributed by atoms with Crippen molar-refractivity contribution in [1.29, 1.82) is 0 Å². The Balaban J connectivity index is 1.89. The first kappa shape index (κ1) is 12.9. The Kier molecular flexibility index (Phi) is 3.31. The quantitative estimate of drug-likeness (QED) is 0.693. The molecular weight excluding hydrogens is 277 g/mol. The van der Waals surface area contributed by atoms with Gasteiger partial charge in [-0.2, -0.15) is 5.10 Å². The molecule has 0 aliphatic rings. The van der Waals surface area contributed by atoms with Crippen molar-refractivity contribution in [2.24, 2.45) is 0 Å². The largest absolute Gasteiger partial charge is 0.293 e. The van der Waals surface area contributed by atoms with Gasteiger partial charge in [-0.05, 0) is 36.6 Å². The third-order valence-corrected chi connectivity index (χ3v) is 4.22. The zero-order valence-corrected chi connectivity index (χ0v) is 11.7. The second kappa shape index (κ2) is 5.13. The van der Waals surface area contributed by atoms with Crippen molar-refractivity contribution in [3.05, 3.63) is 47.1 Å². The maximum atomic E-state index is 13.1. The molecular formula is C14H12FN3OS. The van der Waals surface area contributed by atoms with E-state index in [4.69, 9.17) is 0 Å². The van der Waals surface area contributed by atoms with Gasteiger partial charge in [0.05, 0.1) is 11.3 Å². The van der Waals surface area contributed by atoms with E-state index in [2.05, 4.69) is 10.1 Å². The van der Waals surface area contributed by atoms with Crippen molar-refractivity contribution in [1.82, 2.24) is 14.8 Å². The van der Waals surface area contributed by atoms with Gasteiger partial charge in [0.2, 0.25) is 0 Å². The van der Waals surface area contributed by atoms with Crippen LogP contribution in [0.25, 0.3) is 10.1 Å². The minimum absolute atomic E-state index is 0.0192. The number of carbonyl (C=O) groups is 1. The molecule has 2 heterocycles. The minimum atomic E-state index is -0.292. The SMILES string of the molecule is CCn1ncnc1CC(=O)c1cc2cc(F)ccc2s1. The number of thiophene rings is 1. The maximum absolute atomic E-state index is 13.1. The molecule has 3 rings (SSSR count). The molecule has 20 heavy (non-hydrogen) atoms. The van der Waals surface area contributed by atoms with Crippen LogP contribution in [0.2, 0.25) is 0 Å². The lowest BCUT2D eigenvalue weighted by Crippen LogP contribution is -2.09. The summed E-state index contributed by atoms with van der Waals surface area (Å²) in [6.45, 7) is 2.63. The van der Waals surface area contributed by atoms with Crippen LogP contribution in [0, 0.1) is 5.82 Å². The summed E-state index contributed by atoms with van der Waals surface area (Å²) in [7, 11) is 0. The molecule has 0 atom stereocenters. The molecule has 0 N–H and O–H groups in total. The van der Waals surface area contributed by atoms with Crippen LogP contribution < -0.4 is 0 Å².